The van der Waals surface area contributed by atoms with E-state index < -0.39 is 11.6 Å². The van der Waals surface area contributed by atoms with Crippen LogP contribution in [0.2, 0.25) is 0 Å². The Morgan fingerprint density at radius 1 is 1.15 bits per heavy atom. The molecule has 2 heterocycles. The number of nitrogens with one attached hydrogen (secondary N) is 1. The third-order valence-corrected chi connectivity index (χ3v) is 4.89. The van der Waals surface area contributed by atoms with Gasteiger partial charge in [-0.05, 0) is 35.7 Å². The van der Waals surface area contributed by atoms with Gasteiger partial charge in [0.1, 0.15) is 18.2 Å². The maximum atomic E-state index is 13.3. The van der Waals surface area contributed by atoms with Crippen LogP contribution in [0.15, 0.2) is 54.6 Å². The molecule has 1 saturated heterocycles. The molecule has 2 aliphatic rings. The zero-order chi connectivity index (χ0) is 19.0. The molecule has 1 atom stereocenters. The predicted molar refractivity (Wildman–Crippen MR) is 96.8 cm³/mol. The number of hydrogen-bond donors (Lipinski definition) is 1. The lowest BCUT2D eigenvalue weighted by Gasteiger charge is -2.28. The van der Waals surface area contributed by atoms with Gasteiger partial charge in [0.2, 0.25) is 5.91 Å². The van der Waals surface area contributed by atoms with Gasteiger partial charge in [-0.15, -0.1) is 0 Å². The monoisotopic (exact) mass is 367 g/mol. The Labute approximate surface area is 155 Å². The zero-order valence-electron chi connectivity index (χ0n) is 14.6. The summed E-state index contributed by atoms with van der Waals surface area (Å²) in [7, 11) is 0. The summed E-state index contributed by atoms with van der Waals surface area (Å²) in [4.78, 5) is 23.6. The van der Waals surface area contributed by atoms with Crippen LogP contribution in [0.25, 0.3) is 0 Å². The Kier molecular flexibility index (Phi) is 4.18. The van der Waals surface area contributed by atoms with E-state index in [0.29, 0.717) is 29.7 Å². The van der Waals surface area contributed by atoms with Gasteiger partial charge in [-0.2, -0.15) is 0 Å². The van der Waals surface area contributed by atoms with Gasteiger partial charge in [0.15, 0.2) is 5.60 Å². The van der Waals surface area contributed by atoms with E-state index in [0.717, 1.165) is 11.3 Å². The molecular formula is C21H18FNO4. The summed E-state index contributed by atoms with van der Waals surface area (Å²) in [6, 6.07) is 11.3. The standard InChI is InChI=1S/C21H18FNO4/c1-13-11-21(27-20(13)25,15-4-6-16(22)7-5-15)12-26-17-8-2-14-3-9-19(24)23-18(14)10-17/h2,4-8,10H,1,3,9,11-12H2,(H,23,24). The summed E-state index contributed by atoms with van der Waals surface area (Å²) in [5.41, 5.74) is 1.71. The summed E-state index contributed by atoms with van der Waals surface area (Å²) in [5.74, 6) is -0.335. The Morgan fingerprint density at radius 3 is 2.63 bits per heavy atom. The number of amides is 1. The minimum atomic E-state index is -1.05. The van der Waals surface area contributed by atoms with Gasteiger partial charge in [-0.3, -0.25) is 4.79 Å². The zero-order valence-corrected chi connectivity index (χ0v) is 14.6. The molecule has 5 nitrogen and oxygen atoms in total. The molecule has 2 aliphatic heterocycles. The SMILES string of the molecule is C=C1CC(COc2ccc3c(c2)NC(=O)CC3)(c2ccc(F)cc2)OC1=O. The second-order valence-electron chi connectivity index (χ2n) is 6.83. The van der Waals surface area contributed by atoms with Crippen molar-refractivity contribution in [2.24, 2.45) is 0 Å². The van der Waals surface area contributed by atoms with Gasteiger partial charge < -0.3 is 14.8 Å². The molecule has 0 saturated carbocycles. The van der Waals surface area contributed by atoms with E-state index in [2.05, 4.69) is 11.9 Å². The van der Waals surface area contributed by atoms with Crippen molar-refractivity contribution in [1.29, 1.82) is 0 Å². The topological polar surface area (TPSA) is 64.6 Å². The molecule has 6 heteroatoms. The lowest BCUT2D eigenvalue weighted by Crippen LogP contribution is -2.33. The molecule has 1 N–H and O–H groups in total. The van der Waals surface area contributed by atoms with Gasteiger partial charge in [-0.25, -0.2) is 9.18 Å². The average Bonchev–Trinajstić information content (AvgIpc) is 2.95. The molecule has 27 heavy (non-hydrogen) atoms. The fourth-order valence-corrected chi connectivity index (χ4v) is 3.42. The van der Waals surface area contributed by atoms with Crippen molar-refractivity contribution in [2.75, 3.05) is 11.9 Å². The van der Waals surface area contributed by atoms with Crippen molar-refractivity contribution >= 4 is 17.6 Å². The van der Waals surface area contributed by atoms with Crippen LogP contribution in [0.3, 0.4) is 0 Å². The van der Waals surface area contributed by atoms with E-state index in [-0.39, 0.29) is 24.8 Å². The number of benzene rings is 2. The molecule has 0 spiro atoms. The van der Waals surface area contributed by atoms with Gasteiger partial charge >= 0.3 is 5.97 Å². The fraction of sp³-hybridized carbons (Fsp3) is 0.238. The van der Waals surface area contributed by atoms with E-state index in [1.165, 1.54) is 12.1 Å². The summed E-state index contributed by atoms with van der Waals surface area (Å²) in [6.45, 7) is 3.79. The number of halogens is 1. The average molecular weight is 367 g/mol. The summed E-state index contributed by atoms with van der Waals surface area (Å²) in [6.07, 6.45) is 1.43. The second-order valence-corrected chi connectivity index (χ2v) is 6.83. The molecular weight excluding hydrogens is 349 g/mol. The molecule has 0 aliphatic carbocycles. The minimum Gasteiger partial charge on any atom is -0.489 e. The van der Waals surface area contributed by atoms with Gasteiger partial charge in [0, 0.05) is 30.2 Å². The number of hydrogen-bond acceptors (Lipinski definition) is 4. The van der Waals surface area contributed by atoms with Crippen LogP contribution < -0.4 is 10.1 Å². The first-order chi connectivity index (χ1) is 12.9. The number of fused-ring (bicyclic) bond motifs is 1. The quantitative estimate of drug-likeness (QED) is 0.664. The molecule has 0 radical (unpaired) electrons. The molecule has 2 aromatic rings. The summed E-state index contributed by atoms with van der Waals surface area (Å²) < 4.78 is 24.8. The van der Waals surface area contributed by atoms with Crippen LogP contribution in [0.1, 0.15) is 24.0 Å². The first kappa shape index (κ1) is 17.3. The fourth-order valence-electron chi connectivity index (χ4n) is 3.42. The van der Waals surface area contributed by atoms with E-state index in [4.69, 9.17) is 9.47 Å². The highest BCUT2D eigenvalue weighted by molar-refractivity contribution is 5.94. The number of cyclic esters (lactones) is 1. The summed E-state index contributed by atoms with van der Waals surface area (Å²) >= 11 is 0. The van der Waals surface area contributed by atoms with Gasteiger partial charge in [-0.1, -0.05) is 24.8 Å². The Bertz CT molecular complexity index is 920. The number of esters is 1. The van der Waals surface area contributed by atoms with Gasteiger partial charge in [0.25, 0.3) is 0 Å². The predicted octanol–water partition coefficient (Wildman–Crippen LogP) is 3.49. The van der Waals surface area contributed by atoms with Crippen LogP contribution in [-0.2, 0) is 26.3 Å². The third kappa shape index (κ3) is 3.30. The second kappa shape index (κ2) is 6.54. The van der Waals surface area contributed by atoms with E-state index in [1.807, 2.05) is 12.1 Å². The number of carbonyl (C=O) groups is 2. The number of carbonyl (C=O) groups excluding carboxylic acids is 2. The Hall–Kier alpha value is -3.15. The van der Waals surface area contributed by atoms with Crippen LogP contribution >= 0.6 is 0 Å². The van der Waals surface area contributed by atoms with Crippen molar-refractivity contribution in [1.82, 2.24) is 0 Å². The van der Waals surface area contributed by atoms with Crippen LogP contribution in [0, 0.1) is 5.82 Å². The highest BCUT2D eigenvalue weighted by atomic mass is 19.1. The highest BCUT2D eigenvalue weighted by Gasteiger charge is 2.45. The maximum Gasteiger partial charge on any atom is 0.334 e. The molecule has 4 rings (SSSR count). The molecule has 2 aromatic carbocycles. The highest BCUT2D eigenvalue weighted by Crippen LogP contribution is 2.40. The van der Waals surface area contributed by atoms with Crippen molar-refractivity contribution < 1.29 is 23.5 Å². The van der Waals surface area contributed by atoms with Crippen LogP contribution in [-0.4, -0.2) is 18.5 Å². The Balaban J connectivity index is 1.59. The number of ether oxygens (including phenoxy) is 2. The van der Waals surface area contributed by atoms with Crippen molar-refractivity contribution in [3.05, 3.63) is 71.6 Å². The number of aryl methyl sites for hydroxylation is 1. The molecule has 1 amide bonds. The third-order valence-electron chi connectivity index (χ3n) is 4.89. The first-order valence-electron chi connectivity index (χ1n) is 8.68. The molecule has 0 bridgehead atoms. The molecule has 138 valence electrons. The van der Waals surface area contributed by atoms with Crippen molar-refractivity contribution in [3.8, 4) is 5.75 Å². The van der Waals surface area contributed by atoms with E-state index in [9.17, 15) is 14.0 Å². The lowest BCUT2D eigenvalue weighted by atomic mass is 9.90. The van der Waals surface area contributed by atoms with Crippen LogP contribution in [0.4, 0.5) is 10.1 Å². The Morgan fingerprint density at radius 2 is 1.93 bits per heavy atom. The largest absolute Gasteiger partial charge is 0.489 e. The smallest absolute Gasteiger partial charge is 0.334 e. The van der Waals surface area contributed by atoms with Crippen LogP contribution in [0.5, 0.6) is 5.75 Å². The van der Waals surface area contributed by atoms with E-state index in [1.54, 1.807) is 18.2 Å². The van der Waals surface area contributed by atoms with E-state index >= 15 is 0 Å². The van der Waals surface area contributed by atoms with Crippen molar-refractivity contribution in [3.63, 3.8) is 0 Å². The lowest BCUT2D eigenvalue weighted by molar-refractivity contribution is -0.150. The normalized spacial score (nSPS) is 21.4. The maximum absolute atomic E-state index is 13.3. The molecule has 1 unspecified atom stereocenters. The minimum absolute atomic E-state index is 0.0246. The summed E-state index contributed by atoms with van der Waals surface area (Å²) in [5, 5.41) is 2.83. The van der Waals surface area contributed by atoms with Gasteiger partial charge in [0.05, 0.1) is 0 Å². The number of anilines is 1. The molecule has 0 aromatic heterocycles. The molecule has 1 fully saturated rings. The number of rotatable bonds is 4. The first-order valence-corrected chi connectivity index (χ1v) is 8.68. The van der Waals surface area contributed by atoms with Crippen molar-refractivity contribution in [2.45, 2.75) is 24.9 Å².